The van der Waals surface area contributed by atoms with E-state index in [4.69, 9.17) is 17.0 Å². The molecule has 4 rings (SSSR count). The number of thiocarbonyl (C=S) groups is 1. The van der Waals surface area contributed by atoms with Crippen LogP contribution >= 0.6 is 12.2 Å². The van der Waals surface area contributed by atoms with E-state index in [1.807, 2.05) is 18.3 Å². The number of benzene rings is 1. The first-order valence-electron chi connectivity index (χ1n) is 11.3. The minimum absolute atomic E-state index is 0.00149. The van der Waals surface area contributed by atoms with Gasteiger partial charge in [-0.15, -0.1) is 0 Å². The second-order valence-corrected chi connectivity index (χ2v) is 8.70. The highest BCUT2D eigenvalue weighted by Crippen LogP contribution is 2.41. The first kappa shape index (κ1) is 22.5. The van der Waals surface area contributed by atoms with Crippen molar-refractivity contribution in [2.75, 3.05) is 20.3 Å². The highest BCUT2D eigenvalue weighted by atomic mass is 32.1. The Hall–Kier alpha value is -2.70. The summed E-state index contributed by atoms with van der Waals surface area (Å²) in [6.45, 7) is 8.17. The number of aromatic nitrogens is 2. The summed E-state index contributed by atoms with van der Waals surface area (Å²) in [4.78, 5) is 6.98. The van der Waals surface area contributed by atoms with Crippen molar-refractivity contribution in [2.24, 2.45) is 0 Å². The summed E-state index contributed by atoms with van der Waals surface area (Å²) in [6.07, 6.45) is 3.77. The zero-order valence-electron chi connectivity index (χ0n) is 19.3. The fourth-order valence-corrected chi connectivity index (χ4v) is 5.18. The van der Waals surface area contributed by atoms with E-state index in [1.165, 1.54) is 28.2 Å². The Morgan fingerprint density at radius 1 is 1.12 bits per heavy atom. The van der Waals surface area contributed by atoms with Crippen LogP contribution in [0.4, 0.5) is 0 Å². The molecule has 0 radical (unpaired) electrons. The lowest BCUT2D eigenvalue weighted by molar-refractivity contribution is 0.180. The zero-order chi connectivity index (χ0) is 22.7. The van der Waals surface area contributed by atoms with Gasteiger partial charge in [-0.25, -0.2) is 0 Å². The Morgan fingerprint density at radius 3 is 2.62 bits per heavy atom. The Labute approximate surface area is 196 Å². The van der Waals surface area contributed by atoms with E-state index in [0.29, 0.717) is 6.61 Å². The van der Waals surface area contributed by atoms with Gasteiger partial charge in [0.15, 0.2) is 5.11 Å². The van der Waals surface area contributed by atoms with Crippen LogP contribution in [0.2, 0.25) is 0 Å². The molecule has 0 amide bonds. The van der Waals surface area contributed by atoms with Crippen LogP contribution in [0.3, 0.4) is 0 Å². The van der Waals surface area contributed by atoms with E-state index < -0.39 is 0 Å². The molecule has 1 aromatic carbocycles. The molecule has 168 valence electrons. The van der Waals surface area contributed by atoms with Crippen molar-refractivity contribution in [1.82, 2.24) is 19.8 Å². The lowest BCUT2D eigenvalue weighted by Crippen LogP contribution is -2.31. The van der Waals surface area contributed by atoms with Gasteiger partial charge in [0.25, 0.3) is 0 Å². The number of aryl methyl sites for hydroxylation is 2. The van der Waals surface area contributed by atoms with Crippen molar-refractivity contribution in [1.29, 1.82) is 0 Å². The van der Waals surface area contributed by atoms with Crippen LogP contribution in [-0.2, 0) is 11.2 Å². The van der Waals surface area contributed by atoms with Gasteiger partial charge in [0, 0.05) is 43.5 Å². The van der Waals surface area contributed by atoms with E-state index in [0.717, 1.165) is 30.2 Å². The molecule has 0 aliphatic carbocycles. The first-order valence-corrected chi connectivity index (χ1v) is 11.7. The molecule has 0 saturated carbocycles. The molecule has 1 fully saturated rings. The zero-order valence-corrected chi connectivity index (χ0v) is 20.2. The largest absolute Gasteiger partial charge is 0.385 e. The van der Waals surface area contributed by atoms with Gasteiger partial charge in [0.2, 0.25) is 0 Å². The first-order chi connectivity index (χ1) is 15.6. The van der Waals surface area contributed by atoms with Gasteiger partial charge in [0.1, 0.15) is 0 Å². The Bertz CT molecular complexity index is 1080. The smallest absolute Gasteiger partial charge is 0.170 e. The summed E-state index contributed by atoms with van der Waals surface area (Å²) in [7, 11) is 1.74. The van der Waals surface area contributed by atoms with Crippen LogP contribution < -0.4 is 5.32 Å². The number of hydrogen-bond acceptors (Lipinski definition) is 3. The fourth-order valence-electron chi connectivity index (χ4n) is 4.85. The SMILES string of the molecule is CCc1ccccc1-n1c(C)cc(C2C(c3ccccn3)NC(=S)N2CCCOC)c1C. The summed E-state index contributed by atoms with van der Waals surface area (Å²) in [6, 6.07) is 17.1. The molecule has 2 unspecified atom stereocenters. The van der Waals surface area contributed by atoms with Crippen molar-refractivity contribution in [3.8, 4) is 5.69 Å². The molecule has 3 heterocycles. The monoisotopic (exact) mass is 448 g/mol. The van der Waals surface area contributed by atoms with E-state index in [2.05, 4.69) is 76.9 Å². The van der Waals surface area contributed by atoms with E-state index in [-0.39, 0.29) is 12.1 Å². The maximum atomic E-state index is 5.80. The highest BCUT2D eigenvalue weighted by molar-refractivity contribution is 7.80. The Kier molecular flexibility index (Phi) is 6.92. The van der Waals surface area contributed by atoms with Gasteiger partial charge in [-0.2, -0.15) is 0 Å². The van der Waals surface area contributed by atoms with Gasteiger partial charge < -0.3 is 19.5 Å². The van der Waals surface area contributed by atoms with Crippen LogP contribution in [0, 0.1) is 13.8 Å². The maximum absolute atomic E-state index is 5.80. The third-order valence-electron chi connectivity index (χ3n) is 6.35. The van der Waals surface area contributed by atoms with Crippen LogP contribution in [0.5, 0.6) is 0 Å². The highest BCUT2D eigenvalue weighted by Gasteiger charge is 2.41. The van der Waals surface area contributed by atoms with Crippen molar-refractivity contribution < 1.29 is 4.74 Å². The predicted octanol–water partition coefficient (Wildman–Crippen LogP) is 5.06. The molecule has 2 atom stereocenters. The van der Waals surface area contributed by atoms with Gasteiger partial charge in [-0.05, 0) is 74.3 Å². The van der Waals surface area contributed by atoms with Gasteiger partial charge >= 0.3 is 0 Å². The molecule has 1 saturated heterocycles. The number of ether oxygens (including phenoxy) is 1. The number of nitrogens with zero attached hydrogens (tertiary/aromatic N) is 3. The van der Waals surface area contributed by atoms with Crippen molar-refractivity contribution in [3.05, 3.63) is 82.9 Å². The number of rotatable bonds is 8. The maximum Gasteiger partial charge on any atom is 0.170 e. The number of nitrogens with one attached hydrogen (secondary N) is 1. The lowest BCUT2D eigenvalue weighted by atomic mass is 9.96. The topological polar surface area (TPSA) is 42.3 Å². The molecule has 1 aliphatic rings. The molecular weight excluding hydrogens is 416 g/mol. The number of pyridine rings is 1. The summed E-state index contributed by atoms with van der Waals surface area (Å²) < 4.78 is 7.70. The molecule has 6 heteroatoms. The summed E-state index contributed by atoms with van der Waals surface area (Å²) in [5, 5.41) is 4.34. The van der Waals surface area contributed by atoms with E-state index >= 15 is 0 Å². The Balaban J connectivity index is 1.81. The van der Waals surface area contributed by atoms with Gasteiger partial charge in [-0.1, -0.05) is 31.2 Å². The summed E-state index contributed by atoms with van der Waals surface area (Å²) in [5.41, 5.74) is 7.37. The predicted molar refractivity (Wildman–Crippen MR) is 133 cm³/mol. The second kappa shape index (κ2) is 9.84. The van der Waals surface area contributed by atoms with Gasteiger partial charge in [-0.3, -0.25) is 4.98 Å². The molecule has 1 N–H and O–H groups in total. The van der Waals surface area contributed by atoms with Crippen LogP contribution in [-0.4, -0.2) is 39.8 Å². The number of methoxy groups -OCH3 is 1. The molecule has 2 aromatic heterocycles. The minimum atomic E-state index is 0.00149. The van der Waals surface area contributed by atoms with Crippen molar-refractivity contribution in [2.45, 2.75) is 45.7 Å². The Morgan fingerprint density at radius 2 is 1.91 bits per heavy atom. The van der Waals surface area contributed by atoms with E-state index in [9.17, 15) is 0 Å². The molecule has 32 heavy (non-hydrogen) atoms. The molecular formula is C26H32N4OS. The third-order valence-corrected chi connectivity index (χ3v) is 6.70. The van der Waals surface area contributed by atoms with Crippen molar-refractivity contribution in [3.63, 3.8) is 0 Å². The fraction of sp³-hybridized carbons (Fsp3) is 0.385. The molecule has 5 nitrogen and oxygen atoms in total. The number of hydrogen-bond donors (Lipinski definition) is 1. The van der Waals surface area contributed by atoms with Gasteiger partial charge in [0.05, 0.1) is 17.8 Å². The van der Waals surface area contributed by atoms with Crippen LogP contribution in [0.15, 0.2) is 54.7 Å². The molecule has 0 bridgehead atoms. The minimum Gasteiger partial charge on any atom is -0.385 e. The number of para-hydroxylation sites is 1. The lowest BCUT2D eigenvalue weighted by Gasteiger charge is -2.28. The normalized spacial score (nSPS) is 18.2. The second-order valence-electron chi connectivity index (χ2n) is 8.31. The quantitative estimate of drug-likeness (QED) is 0.385. The van der Waals surface area contributed by atoms with E-state index in [1.54, 1.807) is 7.11 Å². The molecule has 0 spiro atoms. The van der Waals surface area contributed by atoms with Crippen LogP contribution in [0.1, 0.15) is 53.6 Å². The average molecular weight is 449 g/mol. The standard InChI is InChI=1S/C26H32N4OS/c1-5-20-11-6-7-13-23(20)30-18(2)17-21(19(30)3)25-24(22-12-8-9-14-27-22)28-26(32)29(25)15-10-16-31-4/h6-9,11-14,17,24-25H,5,10,15-16H2,1-4H3,(H,28,32). The average Bonchev–Trinajstić information content (AvgIpc) is 3.29. The summed E-state index contributed by atoms with van der Waals surface area (Å²) >= 11 is 5.80. The molecule has 1 aliphatic heterocycles. The third kappa shape index (κ3) is 4.17. The van der Waals surface area contributed by atoms with Crippen LogP contribution in [0.25, 0.3) is 5.69 Å². The van der Waals surface area contributed by atoms with Crippen molar-refractivity contribution >= 4 is 17.3 Å². The molecule has 3 aromatic rings. The summed E-state index contributed by atoms with van der Waals surface area (Å²) in [5.74, 6) is 0.